The Morgan fingerprint density at radius 2 is 1.45 bits per heavy atom. The topological polar surface area (TPSA) is 43.2 Å². The molecule has 38 heavy (non-hydrogen) atoms. The molecule has 2 heterocycles. The van der Waals surface area contributed by atoms with Gasteiger partial charge < -0.3 is 14.2 Å². The van der Waals surface area contributed by atoms with Gasteiger partial charge in [0.05, 0.1) is 11.0 Å². The number of hydrogen-bond acceptors (Lipinski definition) is 4. The van der Waals surface area contributed by atoms with Gasteiger partial charge in [-0.1, -0.05) is 85.3 Å². The number of pyridine rings is 1. The van der Waals surface area contributed by atoms with Gasteiger partial charge in [0.15, 0.2) is 5.82 Å². The summed E-state index contributed by atoms with van der Waals surface area (Å²) in [6, 6.07) is 29.6. The van der Waals surface area contributed by atoms with Gasteiger partial charge in [0, 0.05) is 37.4 Å². The second kappa shape index (κ2) is 12.9. The van der Waals surface area contributed by atoms with Gasteiger partial charge in [-0.3, -0.25) is 0 Å². The molecule has 5 aromatic rings. The Morgan fingerprint density at radius 1 is 0.789 bits per heavy atom. The van der Waals surface area contributed by atoms with Crippen molar-refractivity contribution in [1.82, 2.24) is 14.5 Å². The van der Waals surface area contributed by atoms with Gasteiger partial charge in [-0.05, 0) is 37.0 Å². The molecule has 6 heteroatoms. The molecule has 0 aliphatic carbocycles. The number of rotatable bonds is 13. The number of para-hydroxylation sites is 1. The third-order valence-electron chi connectivity index (χ3n) is 6.83. The highest BCUT2D eigenvalue weighted by Gasteiger charge is 2.22. The molecule has 3 aromatic carbocycles. The van der Waals surface area contributed by atoms with Crippen molar-refractivity contribution in [3.8, 4) is 0 Å². The summed E-state index contributed by atoms with van der Waals surface area (Å²) in [7, 11) is 0. The van der Waals surface area contributed by atoms with Gasteiger partial charge in [-0.25, -0.2) is 9.97 Å². The number of imidazole rings is 1. The predicted molar refractivity (Wildman–Crippen MR) is 158 cm³/mol. The average Bonchev–Trinajstić information content (AvgIpc) is 3.33. The predicted octanol–water partition coefficient (Wildman–Crippen LogP) is 7.74. The van der Waals surface area contributed by atoms with Crippen LogP contribution in [-0.2, 0) is 31.0 Å². The van der Waals surface area contributed by atoms with Crippen LogP contribution in [-0.4, -0.2) is 27.0 Å². The number of aromatic nitrogens is 3. The first-order valence-electron chi connectivity index (χ1n) is 13.5. The Balaban J connectivity index is 1.67. The van der Waals surface area contributed by atoms with Crippen molar-refractivity contribution in [3.63, 3.8) is 0 Å². The Kier molecular flexibility index (Phi) is 8.90. The maximum absolute atomic E-state index is 5.96. The Labute approximate surface area is 230 Å². The summed E-state index contributed by atoms with van der Waals surface area (Å²) in [5, 5.41) is 1.10. The highest BCUT2D eigenvalue weighted by Crippen LogP contribution is 2.34. The first-order chi connectivity index (χ1) is 18.8. The van der Waals surface area contributed by atoms with Crippen molar-refractivity contribution in [2.75, 3.05) is 17.4 Å². The largest absolute Gasteiger partial charge is 0.361 e. The highest BCUT2D eigenvalue weighted by molar-refractivity contribution is 6.17. The highest BCUT2D eigenvalue weighted by atomic mass is 35.5. The van der Waals surface area contributed by atoms with E-state index < -0.39 is 0 Å². The summed E-state index contributed by atoms with van der Waals surface area (Å²) in [6.07, 6.45) is 4.02. The molecule has 0 saturated carbocycles. The van der Waals surface area contributed by atoms with Crippen LogP contribution in [0.15, 0.2) is 84.9 Å². The number of benzene rings is 3. The van der Waals surface area contributed by atoms with E-state index in [-0.39, 0.29) is 0 Å². The van der Waals surface area contributed by atoms with Crippen LogP contribution in [0, 0.1) is 0 Å². The van der Waals surface area contributed by atoms with Crippen molar-refractivity contribution in [2.24, 2.45) is 0 Å². The zero-order valence-electron chi connectivity index (χ0n) is 22.0. The van der Waals surface area contributed by atoms with Gasteiger partial charge in [-0.15, -0.1) is 11.6 Å². The zero-order chi connectivity index (χ0) is 26.2. The molecule has 0 aliphatic rings. The molecule has 0 aliphatic heterocycles. The maximum atomic E-state index is 5.96. The number of fused-ring (bicyclic) bond motifs is 3. The van der Waals surface area contributed by atoms with E-state index in [4.69, 9.17) is 26.3 Å². The number of halogens is 1. The van der Waals surface area contributed by atoms with Crippen molar-refractivity contribution < 1.29 is 4.74 Å². The second-order valence-electron chi connectivity index (χ2n) is 9.55. The molecule has 5 rings (SSSR count). The number of hydrogen-bond donors (Lipinski definition) is 0. The van der Waals surface area contributed by atoms with E-state index in [2.05, 4.69) is 94.4 Å². The third-order valence-corrected chi connectivity index (χ3v) is 7.10. The van der Waals surface area contributed by atoms with Crippen molar-refractivity contribution >= 4 is 39.4 Å². The summed E-state index contributed by atoms with van der Waals surface area (Å²) in [5.41, 5.74) is 5.47. The molecule has 5 nitrogen and oxygen atoms in total. The lowest BCUT2D eigenvalue weighted by molar-refractivity contribution is 0.0886. The number of anilines is 1. The summed E-state index contributed by atoms with van der Waals surface area (Å²) >= 11 is 5.95. The number of nitrogens with zero attached hydrogens (tertiary/aromatic N) is 4. The van der Waals surface area contributed by atoms with Gasteiger partial charge in [-0.2, -0.15) is 0 Å². The summed E-state index contributed by atoms with van der Waals surface area (Å²) in [4.78, 5) is 12.9. The molecular weight excluding hydrogens is 492 g/mol. The number of ether oxygens (including phenoxy) is 1. The van der Waals surface area contributed by atoms with Gasteiger partial charge in [0.25, 0.3) is 0 Å². The van der Waals surface area contributed by atoms with E-state index in [1.165, 1.54) is 11.1 Å². The minimum atomic E-state index is 0.475. The van der Waals surface area contributed by atoms with Gasteiger partial charge >= 0.3 is 0 Å². The van der Waals surface area contributed by atoms with E-state index in [1.54, 1.807) is 0 Å². The molecule has 0 bridgehead atoms. The maximum Gasteiger partial charge on any atom is 0.158 e. The monoisotopic (exact) mass is 526 g/mol. The molecule has 0 atom stereocenters. The zero-order valence-corrected chi connectivity index (χ0v) is 22.8. The Morgan fingerprint density at radius 3 is 2.11 bits per heavy atom. The number of alkyl halides is 1. The molecule has 0 N–H and O–H groups in total. The first-order valence-corrected chi connectivity index (χ1v) is 14.1. The molecule has 0 amide bonds. The minimum absolute atomic E-state index is 0.475. The van der Waals surface area contributed by atoms with Gasteiger partial charge in [0.1, 0.15) is 18.1 Å². The smallest absolute Gasteiger partial charge is 0.158 e. The third kappa shape index (κ3) is 6.01. The van der Waals surface area contributed by atoms with E-state index in [1.807, 2.05) is 6.92 Å². The van der Waals surface area contributed by atoms with Gasteiger partial charge in [0.2, 0.25) is 0 Å². The van der Waals surface area contributed by atoms with Crippen molar-refractivity contribution in [2.45, 2.75) is 52.4 Å². The quantitative estimate of drug-likeness (QED) is 0.116. The van der Waals surface area contributed by atoms with Crippen LogP contribution in [0.1, 0.15) is 43.1 Å². The summed E-state index contributed by atoms with van der Waals surface area (Å²) in [5.74, 6) is 2.65. The lowest BCUT2D eigenvalue weighted by atomic mass is 10.1. The second-order valence-corrected chi connectivity index (χ2v) is 9.93. The SMILES string of the molecule is CCOCn1c(CCCCCCl)nc2c(N(Cc3ccccc3)Cc3ccccc3)nc3ccccc3c21. The fourth-order valence-electron chi connectivity index (χ4n) is 4.97. The lowest BCUT2D eigenvalue weighted by Crippen LogP contribution is -2.23. The molecule has 2 aromatic heterocycles. The van der Waals surface area contributed by atoms with Crippen LogP contribution < -0.4 is 4.90 Å². The standard InChI is InChI=1S/C32H35ClN4O/c1-2-38-24-37-29(20-10-5-13-21-33)35-30-31(37)27-18-11-12-19-28(27)34-32(30)36(22-25-14-6-3-7-15-25)23-26-16-8-4-9-17-26/h3-4,6-9,11-12,14-19H,2,5,10,13,20-24H2,1H3. The van der Waals surface area contributed by atoms with Crippen LogP contribution >= 0.6 is 11.6 Å². The molecule has 0 fully saturated rings. The molecule has 0 unspecified atom stereocenters. The average molecular weight is 527 g/mol. The molecular formula is C32H35ClN4O. The van der Waals surface area contributed by atoms with E-state index >= 15 is 0 Å². The fraction of sp³-hybridized carbons (Fsp3) is 0.312. The van der Waals surface area contributed by atoms with Crippen molar-refractivity contribution in [3.05, 3.63) is 102 Å². The first kappa shape index (κ1) is 26.2. The fourth-order valence-corrected chi connectivity index (χ4v) is 5.16. The molecule has 196 valence electrons. The summed E-state index contributed by atoms with van der Waals surface area (Å²) < 4.78 is 8.22. The Bertz CT molecular complexity index is 1410. The van der Waals surface area contributed by atoms with E-state index in [0.717, 1.165) is 72.4 Å². The summed E-state index contributed by atoms with van der Waals surface area (Å²) in [6.45, 7) is 4.63. The van der Waals surface area contributed by atoms with Crippen LogP contribution in [0.2, 0.25) is 0 Å². The molecule has 0 saturated heterocycles. The van der Waals surface area contributed by atoms with Crippen LogP contribution in [0.25, 0.3) is 21.9 Å². The van der Waals surface area contributed by atoms with E-state index in [0.29, 0.717) is 19.2 Å². The molecule has 0 radical (unpaired) electrons. The van der Waals surface area contributed by atoms with Crippen LogP contribution in [0.3, 0.4) is 0 Å². The Hall–Kier alpha value is -3.41. The van der Waals surface area contributed by atoms with E-state index in [9.17, 15) is 0 Å². The normalized spacial score (nSPS) is 11.4. The number of unbranched alkanes of at least 4 members (excludes halogenated alkanes) is 2. The van der Waals surface area contributed by atoms with Crippen molar-refractivity contribution in [1.29, 1.82) is 0 Å². The minimum Gasteiger partial charge on any atom is -0.361 e. The lowest BCUT2D eigenvalue weighted by Gasteiger charge is -2.25. The number of aryl methyl sites for hydroxylation is 1. The van der Waals surface area contributed by atoms with Crippen LogP contribution in [0.5, 0.6) is 0 Å². The van der Waals surface area contributed by atoms with Crippen LogP contribution in [0.4, 0.5) is 5.82 Å². The molecule has 0 spiro atoms.